The summed E-state index contributed by atoms with van der Waals surface area (Å²) >= 11 is 0. The Bertz CT molecular complexity index is 2550. The first-order valence-corrected chi connectivity index (χ1v) is 19.6. The summed E-state index contributed by atoms with van der Waals surface area (Å²) in [6.45, 7) is 0. The summed E-state index contributed by atoms with van der Waals surface area (Å²) in [5.41, 5.74) is 11.0. The molecule has 0 amide bonds. The number of benzene rings is 8. The van der Waals surface area contributed by atoms with E-state index < -0.39 is 0 Å². The number of hydrogen-bond donors (Lipinski definition) is 1. The van der Waals surface area contributed by atoms with Gasteiger partial charge in [0.05, 0.1) is 5.69 Å². The van der Waals surface area contributed by atoms with E-state index in [4.69, 9.17) is 19.7 Å². The van der Waals surface area contributed by atoms with E-state index in [-0.39, 0.29) is 6.23 Å². The monoisotopic (exact) mass is 762 g/mol. The van der Waals surface area contributed by atoms with Gasteiger partial charge in [-0.1, -0.05) is 109 Å². The summed E-state index contributed by atoms with van der Waals surface area (Å²) in [4.78, 5) is 19.8. The zero-order valence-corrected chi connectivity index (χ0v) is 32.0. The van der Waals surface area contributed by atoms with Gasteiger partial charge >= 0.3 is 0 Å². The third-order valence-corrected chi connectivity index (χ3v) is 10.4. The smallest absolute Gasteiger partial charge is 0.196 e. The first-order chi connectivity index (χ1) is 29.2. The molecule has 7 heteroatoms. The fraction of sp³-hybridized carbons (Fsp3) is 0.0192. The predicted octanol–water partition coefficient (Wildman–Crippen LogP) is 13.3. The van der Waals surface area contributed by atoms with Crippen molar-refractivity contribution in [3.8, 4) is 39.9 Å². The van der Waals surface area contributed by atoms with Crippen LogP contribution in [0, 0.1) is 0 Å². The van der Waals surface area contributed by atoms with Gasteiger partial charge in [-0.15, -0.1) is 0 Å². The van der Waals surface area contributed by atoms with Crippen molar-refractivity contribution in [2.45, 2.75) is 6.23 Å². The number of rotatable bonds is 10. The maximum Gasteiger partial charge on any atom is 0.196 e. The van der Waals surface area contributed by atoms with Crippen molar-refractivity contribution in [1.82, 2.24) is 15.0 Å². The van der Waals surface area contributed by atoms with E-state index in [0.717, 1.165) is 67.8 Å². The summed E-state index contributed by atoms with van der Waals surface area (Å²) in [6, 6.07) is 74.6. The van der Waals surface area contributed by atoms with Crippen molar-refractivity contribution >= 4 is 39.8 Å². The van der Waals surface area contributed by atoms with Crippen LogP contribution in [0.4, 0.5) is 39.8 Å². The van der Waals surface area contributed by atoms with Crippen molar-refractivity contribution in [2.75, 3.05) is 15.1 Å². The van der Waals surface area contributed by atoms with E-state index in [1.165, 1.54) is 0 Å². The SMILES string of the molecule is c1ccc(N(c2ccccc2)c2ccc(-c3nc(-c4ccc(C5Nc6ccccc6O5)cc4)nc(-c4ccc(N(c5ccccc5)c5ccccc5)cc4)n3)cc2)cc1. The fourth-order valence-electron chi connectivity index (χ4n) is 7.43. The Morgan fingerprint density at radius 2 is 0.661 bits per heavy atom. The highest BCUT2D eigenvalue weighted by atomic mass is 16.5. The first-order valence-electron chi connectivity index (χ1n) is 19.6. The topological polar surface area (TPSA) is 66.4 Å². The summed E-state index contributed by atoms with van der Waals surface area (Å²) in [7, 11) is 0. The zero-order valence-electron chi connectivity index (χ0n) is 32.0. The summed E-state index contributed by atoms with van der Waals surface area (Å²) in [6.07, 6.45) is -0.277. The number of aromatic nitrogens is 3. The van der Waals surface area contributed by atoms with Crippen LogP contribution in [-0.2, 0) is 0 Å². The Balaban J connectivity index is 1.02. The molecular formula is C52H38N6O. The molecule has 0 saturated carbocycles. The lowest BCUT2D eigenvalue weighted by Gasteiger charge is -2.25. The molecule has 9 aromatic rings. The highest BCUT2D eigenvalue weighted by Crippen LogP contribution is 2.39. The van der Waals surface area contributed by atoms with Crippen LogP contribution in [0.3, 0.4) is 0 Å². The molecule has 1 aliphatic rings. The van der Waals surface area contributed by atoms with Crippen LogP contribution in [0.5, 0.6) is 5.75 Å². The molecule has 1 aromatic heterocycles. The highest BCUT2D eigenvalue weighted by Gasteiger charge is 2.23. The quantitative estimate of drug-likeness (QED) is 0.149. The standard InChI is InChI=1S/C52H38N6O/c1-5-15-41(16-6-1)57(42-17-7-2-8-18-42)45-33-29-38(30-34-45)50-54-49(37-25-27-40(28-26-37)52-53-47-23-13-14-24-48(47)59-52)55-51(56-50)39-31-35-46(36-32-39)58(43-19-9-3-10-20-43)44-21-11-4-12-22-44/h1-36,52-53H. The second-order valence-electron chi connectivity index (χ2n) is 14.2. The van der Waals surface area contributed by atoms with Crippen LogP contribution in [0.15, 0.2) is 218 Å². The average Bonchev–Trinajstić information content (AvgIpc) is 3.76. The molecular weight excluding hydrogens is 725 g/mol. The molecule has 0 radical (unpaired) electrons. The van der Waals surface area contributed by atoms with Gasteiger partial charge in [0, 0.05) is 56.4 Å². The normalized spacial score (nSPS) is 12.8. The highest BCUT2D eigenvalue weighted by molar-refractivity contribution is 5.80. The van der Waals surface area contributed by atoms with Gasteiger partial charge in [-0.3, -0.25) is 0 Å². The maximum atomic E-state index is 6.20. The molecule has 0 aliphatic carbocycles. The van der Waals surface area contributed by atoms with E-state index in [1.54, 1.807) is 0 Å². The molecule has 10 rings (SSSR count). The van der Waals surface area contributed by atoms with Crippen LogP contribution in [0.25, 0.3) is 34.2 Å². The molecule has 0 saturated heterocycles. The first kappa shape index (κ1) is 35.4. The molecule has 1 aliphatic heterocycles. The molecule has 7 nitrogen and oxygen atoms in total. The number of para-hydroxylation sites is 6. The fourth-order valence-corrected chi connectivity index (χ4v) is 7.43. The van der Waals surface area contributed by atoms with Crippen molar-refractivity contribution < 1.29 is 4.74 Å². The van der Waals surface area contributed by atoms with Gasteiger partial charge in [0.25, 0.3) is 0 Å². The number of nitrogens with one attached hydrogen (secondary N) is 1. The van der Waals surface area contributed by atoms with Crippen LogP contribution < -0.4 is 19.9 Å². The van der Waals surface area contributed by atoms with Crippen molar-refractivity contribution in [3.05, 3.63) is 224 Å². The van der Waals surface area contributed by atoms with Gasteiger partial charge in [0.2, 0.25) is 0 Å². The minimum absolute atomic E-state index is 0.277. The summed E-state index contributed by atoms with van der Waals surface area (Å²) < 4.78 is 6.20. The number of hydrogen-bond acceptors (Lipinski definition) is 7. The Morgan fingerprint density at radius 3 is 1.03 bits per heavy atom. The Hall–Kier alpha value is -8.03. The average molecular weight is 763 g/mol. The molecule has 8 aromatic carbocycles. The largest absolute Gasteiger partial charge is 0.464 e. The van der Waals surface area contributed by atoms with E-state index in [1.807, 2.05) is 60.7 Å². The van der Waals surface area contributed by atoms with E-state index >= 15 is 0 Å². The van der Waals surface area contributed by atoms with Crippen molar-refractivity contribution in [1.29, 1.82) is 0 Å². The van der Waals surface area contributed by atoms with Crippen LogP contribution in [0.1, 0.15) is 11.8 Å². The zero-order chi connectivity index (χ0) is 39.4. The van der Waals surface area contributed by atoms with Crippen molar-refractivity contribution in [3.63, 3.8) is 0 Å². The molecule has 1 N–H and O–H groups in total. The number of fused-ring (bicyclic) bond motifs is 1. The van der Waals surface area contributed by atoms with E-state index in [0.29, 0.717) is 17.5 Å². The molecule has 0 fully saturated rings. The number of ether oxygens (including phenoxy) is 1. The predicted molar refractivity (Wildman–Crippen MR) is 239 cm³/mol. The van der Waals surface area contributed by atoms with Crippen LogP contribution >= 0.6 is 0 Å². The molecule has 0 bridgehead atoms. The molecule has 1 atom stereocenters. The maximum absolute atomic E-state index is 6.20. The lowest BCUT2D eigenvalue weighted by Crippen LogP contribution is -2.10. The van der Waals surface area contributed by atoms with Gasteiger partial charge in [-0.2, -0.15) is 0 Å². The van der Waals surface area contributed by atoms with Gasteiger partial charge in [0.1, 0.15) is 5.75 Å². The van der Waals surface area contributed by atoms with Crippen LogP contribution in [0.2, 0.25) is 0 Å². The lowest BCUT2D eigenvalue weighted by atomic mass is 10.1. The number of nitrogens with zero attached hydrogens (tertiary/aromatic N) is 5. The third kappa shape index (κ3) is 7.36. The lowest BCUT2D eigenvalue weighted by molar-refractivity contribution is 0.260. The second kappa shape index (κ2) is 15.8. The van der Waals surface area contributed by atoms with Gasteiger partial charge in [-0.25, -0.2) is 15.0 Å². The minimum atomic E-state index is -0.277. The summed E-state index contributed by atoms with van der Waals surface area (Å²) in [5.74, 6) is 2.60. The molecule has 2 heterocycles. The van der Waals surface area contributed by atoms with Crippen molar-refractivity contribution in [2.24, 2.45) is 0 Å². The van der Waals surface area contributed by atoms with E-state index in [2.05, 4.69) is 173 Å². The Morgan fingerprint density at radius 1 is 0.339 bits per heavy atom. The third-order valence-electron chi connectivity index (χ3n) is 10.4. The second-order valence-corrected chi connectivity index (χ2v) is 14.2. The molecule has 1 unspecified atom stereocenters. The van der Waals surface area contributed by atoms with Gasteiger partial charge in [-0.05, 0) is 109 Å². The molecule has 59 heavy (non-hydrogen) atoms. The van der Waals surface area contributed by atoms with Crippen LogP contribution in [-0.4, -0.2) is 15.0 Å². The Kier molecular flexibility index (Phi) is 9.50. The minimum Gasteiger partial charge on any atom is -0.464 e. The summed E-state index contributed by atoms with van der Waals surface area (Å²) in [5, 5.41) is 3.47. The van der Waals surface area contributed by atoms with Gasteiger partial charge < -0.3 is 19.9 Å². The molecule has 282 valence electrons. The Labute approximate surface area is 343 Å². The number of anilines is 7. The van der Waals surface area contributed by atoms with Gasteiger partial charge in [0.15, 0.2) is 23.7 Å². The van der Waals surface area contributed by atoms with E-state index in [9.17, 15) is 0 Å². The molecule has 0 spiro atoms.